The van der Waals surface area contributed by atoms with E-state index in [1.165, 1.54) is 0 Å². The second-order valence-electron chi connectivity index (χ2n) is 3.68. The predicted molar refractivity (Wildman–Crippen MR) is 63.3 cm³/mol. The largest absolute Gasteiger partial charge is 0.384 e. The molecule has 1 atom stereocenters. The van der Waals surface area contributed by atoms with Crippen LogP contribution >= 0.6 is 0 Å². The first-order valence-electron chi connectivity index (χ1n) is 5.03. The summed E-state index contributed by atoms with van der Waals surface area (Å²) >= 11 is 0. The summed E-state index contributed by atoms with van der Waals surface area (Å²) in [6.07, 6.45) is 5.18. The van der Waals surface area contributed by atoms with E-state index in [9.17, 15) is 5.11 Å². The van der Waals surface area contributed by atoms with Crippen molar-refractivity contribution in [3.05, 3.63) is 65.8 Å². The van der Waals surface area contributed by atoms with E-state index < -0.39 is 6.10 Å². The highest BCUT2D eigenvalue weighted by Gasteiger charge is 2.24. The molecule has 1 heteroatoms. The molecule has 1 aliphatic rings. The van der Waals surface area contributed by atoms with Crippen LogP contribution in [0.5, 0.6) is 0 Å². The van der Waals surface area contributed by atoms with Gasteiger partial charge in [0.15, 0.2) is 0 Å². The molecule has 0 saturated heterocycles. The van der Waals surface area contributed by atoms with Crippen LogP contribution in [0.4, 0.5) is 0 Å². The maximum atomic E-state index is 10.0. The van der Waals surface area contributed by atoms with Crippen molar-refractivity contribution in [1.82, 2.24) is 0 Å². The second kappa shape index (κ2) is 3.87. The van der Waals surface area contributed by atoms with E-state index in [1.54, 1.807) is 6.08 Å². The molecule has 0 spiro atoms. The fourth-order valence-corrected chi connectivity index (χ4v) is 1.96. The average molecular weight is 198 g/mol. The van der Waals surface area contributed by atoms with Crippen LogP contribution in [0.15, 0.2) is 54.6 Å². The number of aliphatic hydroxyl groups excluding tert-OH is 1. The van der Waals surface area contributed by atoms with Gasteiger partial charge in [0.2, 0.25) is 0 Å². The Morgan fingerprint density at radius 1 is 1.33 bits per heavy atom. The Labute approximate surface area is 90.1 Å². The molecule has 0 aromatic heterocycles. The maximum absolute atomic E-state index is 10.0. The Hall–Kier alpha value is -1.60. The van der Waals surface area contributed by atoms with Gasteiger partial charge in [0.1, 0.15) is 6.10 Å². The highest BCUT2D eigenvalue weighted by Crippen LogP contribution is 2.40. The Kier molecular flexibility index (Phi) is 2.57. The van der Waals surface area contributed by atoms with Crippen LogP contribution < -0.4 is 0 Å². The van der Waals surface area contributed by atoms with Crippen LogP contribution in [0.25, 0.3) is 5.57 Å². The van der Waals surface area contributed by atoms with Gasteiger partial charge in [-0.3, -0.25) is 0 Å². The van der Waals surface area contributed by atoms with Crippen LogP contribution in [-0.4, -0.2) is 5.11 Å². The van der Waals surface area contributed by atoms with Gasteiger partial charge in [-0.1, -0.05) is 49.1 Å². The maximum Gasteiger partial charge on any atom is 0.101 e. The lowest BCUT2D eigenvalue weighted by atomic mass is 10.1. The van der Waals surface area contributed by atoms with Gasteiger partial charge in [0.25, 0.3) is 0 Å². The fraction of sp³-hybridized carbons (Fsp3) is 0.143. The van der Waals surface area contributed by atoms with Crippen molar-refractivity contribution in [2.45, 2.75) is 13.0 Å². The van der Waals surface area contributed by atoms with Gasteiger partial charge < -0.3 is 5.11 Å². The van der Waals surface area contributed by atoms with Gasteiger partial charge >= 0.3 is 0 Å². The van der Waals surface area contributed by atoms with Crippen molar-refractivity contribution in [3.8, 4) is 0 Å². The normalized spacial score (nSPS) is 19.7. The number of allylic oxidation sites excluding steroid dienone is 4. The minimum atomic E-state index is -0.453. The fourth-order valence-electron chi connectivity index (χ4n) is 1.96. The molecule has 0 amide bonds. The first-order chi connectivity index (χ1) is 7.25. The predicted octanol–water partition coefficient (Wildman–Crippen LogP) is 3.25. The van der Waals surface area contributed by atoms with E-state index in [0.29, 0.717) is 0 Å². The molecule has 1 N–H and O–H groups in total. The lowest BCUT2D eigenvalue weighted by Crippen LogP contribution is -1.93. The van der Waals surface area contributed by atoms with E-state index in [1.807, 2.05) is 43.3 Å². The first kappa shape index (κ1) is 9.94. The molecule has 76 valence electrons. The van der Waals surface area contributed by atoms with E-state index in [0.717, 1.165) is 22.3 Å². The third-order valence-corrected chi connectivity index (χ3v) is 2.78. The molecule has 0 heterocycles. The highest BCUT2D eigenvalue weighted by molar-refractivity contribution is 5.83. The number of hydrogen-bond donors (Lipinski definition) is 1. The van der Waals surface area contributed by atoms with Crippen molar-refractivity contribution in [2.75, 3.05) is 0 Å². The van der Waals surface area contributed by atoms with Crippen molar-refractivity contribution < 1.29 is 5.11 Å². The molecular weight excluding hydrogens is 184 g/mol. The number of benzene rings is 1. The van der Waals surface area contributed by atoms with Gasteiger partial charge in [-0.15, -0.1) is 0 Å². The van der Waals surface area contributed by atoms with Crippen LogP contribution in [0.3, 0.4) is 0 Å². The Balaban J connectivity index is 2.54. The zero-order valence-electron chi connectivity index (χ0n) is 8.77. The molecular formula is C14H14O. The molecule has 0 aliphatic heterocycles. The minimum absolute atomic E-state index is 0.453. The minimum Gasteiger partial charge on any atom is -0.384 e. The van der Waals surface area contributed by atoms with Crippen LogP contribution in [0.2, 0.25) is 0 Å². The molecule has 0 bridgehead atoms. The smallest absolute Gasteiger partial charge is 0.101 e. The number of fused-ring (bicyclic) bond motifs is 1. The van der Waals surface area contributed by atoms with Gasteiger partial charge in [0, 0.05) is 0 Å². The van der Waals surface area contributed by atoms with Gasteiger partial charge in [-0.05, 0) is 29.2 Å². The molecule has 15 heavy (non-hydrogen) atoms. The zero-order valence-corrected chi connectivity index (χ0v) is 8.77. The van der Waals surface area contributed by atoms with Crippen LogP contribution in [0.1, 0.15) is 24.2 Å². The zero-order chi connectivity index (χ0) is 10.8. The lowest BCUT2D eigenvalue weighted by molar-refractivity contribution is 0.220. The monoisotopic (exact) mass is 198 g/mol. The summed E-state index contributed by atoms with van der Waals surface area (Å²) in [5.74, 6) is 0. The van der Waals surface area contributed by atoms with E-state index in [2.05, 4.69) is 6.58 Å². The lowest BCUT2D eigenvalue weighted by Gasteiger charge is -2.04. The molecule has 0 fully saturated rings. The summed E-state index contributed by atoms with van der Waals surface area (Å²) < 4.78 is 0. The van der Waals surface area contributed by atoms with Gasteiger partial charge in [-0.25, -0.2) is 0 Å². The van der Waals surface area contributed by atoms with Crippen molar-refractivity contribution in [3.63, 3.8) is 0 Å². The third kappa shape index (κ3) is 1.55. The molecule has 1 nitrogen and oxygen atoms in total. The Morgan fingerprint density at radius 2 is 2.07 bits per heavy atom. The summed E-state index contributed by atoms with van der Waals surface area (Å²) in [4.78, 5) is 0. The van der Waals surface area contributed by atoms with Crippen molar-refractivity contribution in [2.24, 2.45) is 0 Å². The third-order valence-electron chi connectivity index (χ3n) is 2.78. The van der Waals surface area contributed by atoms with Gasteiger partial charge in [-0.2, -0.15) is 0 Å². The summed E-state index contributed by atoms with van der Waals surface area (Å²) in [6.45, 7) is 5.62. The summed E-state index contributed by atoms with van der Waals surface area (Å²) in [6, 6.07) is 7.96. The summed E-state index contributed by atoms with van der Waals surface area (Å²) in [5.41, 5.74) is 4.24. The highest BCUT2D eigenvalue weighted by atomic mass is 16.3. The Bertz CT molecular complexity index is 452. The molecule has 1 unspecified atom stereocenters. The number of hydrogen-bond acceptors (Lipinski definition) is 1. The van der Waals surface area contributed by atoms with Crippen LogP contribution in [0, 0.1) is 0 Å². The number of aliphatic hydroxyl groups is 1. The number of rotatable bonds is 2. The SMILES string of the molecule is C=C/C=C\C1=C(C)C(O)c2ccccc21. The molecule has 0 saturated carbocycles. The van der Waals surface area contributed by atoms with Crippen LogP contribution in [-0.2, 0) is 0 Å². The van der Waals surface area contributed by atoms with E-state index in [-0.39, 0.29) is 0 Å². The van der Waals surface area contributed by atoms with Gasteiger partial charge in [0.05, 0.1) is 0 Å². The van der Waals surface area contributed by atoms with Crippen molar-refractivity contribution in [1.29, 1.82) is 0 Å². The average Bonchev–Trinajstić information content (AvgIpc) is 2.51. The summed E-state index contributed by atoms with van der Waals surface area (Å²) in [5, 5.41) is 10.0. The van der Waals surface area contributed by atoms with Crippen molar-refractivity contribution >= 4 is 5.57 Å². The molecule has 1 aromatic rings. The Morgan fingerprint density at radius 3 is 2.80 bits per heavy atom. The molecule has 2 rings (SSSR count). The molecule has 0 radical (unpaired) electrons. The van der Waals surface area contributed by atoms with E-state index >= 15 is 0 Å². The molecule has 1 aliphatic carbocycles. The quantitative estimate of drug-likeness (QED) is 0.723. The van der Waals surface area contributed by atoms with E-state index in [4.69, 9.17) is 0 Å². The molecule has 1 aromatic carbocycles. The second-order valence-corrected chi connectivity index (χ2v) is 3.68. The topological polar surface area (TPSA) is 20.2 Å². The standard InChI is InChI=1S/C14H14O/c1-3-4-7-11-10(2)14(15)13-9-6-5-8-12(11)13/h3-9,14-15H,1H2,2H3/b7-4-. The first-order valence-corrected chi connectivity index (χ1v) is 5.03. The summed E-state index contributed by atoms with van der Waals surface area (Å²) in [7, 11) is 0.